The molecule has 0 fully saturated rings. The lowest BCUT2D eigenvalue weighted by atomic mass is 10.2. The number of hydrazine groups is 1. The van der Waals surface area contributed by atoms with E-state index in [1.807, 2.05) is 24.3 Å². The fraction of sp³-hybridized carbons (Fsp3) is 0.0667. The Kier molecular flexibility index (Phi) is 3.90. The zero-order valence-electron chi connectivity index (χ0n) is 11.8. The smallest absolute Gasteiger partial charge is 0.255 e. The van der Waals surface area contributed by atoms with Crippen molar-refractivity contribution < 1.29 is 9.53 Å². The van der Waals surface area contributed by atoms with Crippen molar-refractivity contribution >= 4 is 38.3 Å². The summed E-state index contributed by atoms with van der Waals surface area (Å²) >= 11 is 1.39. The molecule has 3 rings (SSSR count). The number of thiazole rings is 1. The van der Waals surface area contributed by atoms with E-state index in [1.54, 1.807) is 25.3 Å². The van der Waals surface area contributed by atoms with E-state index in [4.69, 9.17) is 10.6 Å². The second-order valence-corrected chi connectivity index (χ2v) is 5.54. The molecule has 1 aromatic heterocycles. The summed E-state index contributed by atoms with van der Waals surface area (Å²) in [5.74, 6) is 5.79. The van der Waals surface area contributed by atoms with Crippen LogP contribution < -0.4 is 21.3 Å². The Labute approximate surface area is 130 Å². The number of hydrogen-bond acceptors (Lipinski definition) is 6. The number of nitrogen functional groups attached to an aromatic ring is 1. The first kappa shape index (κ1) is 14.3. The number of nitrogens with zero attached hydrogens (tertiary/aromatic N) is 1. The first-order chi connectivity index (χ1) is 10.7. The molecule has 0 aliphatic carbocycles. The number of benzene rings is 2. The lowest BCUT2D eigenvalue weighted by Gasteiger charge is -2.08. The summed E-state index contributed by atoms with van der Waals surface area (Å²) in [5, 5.41) is 3.44. The molecule has 1 heterocycles. The third-order valence-electron chi connectivity index (χ3n) is 3.10. The van der Waals surface area contributed by atoms with Crippen LogP contribution in [0, 0.1) is 0 Å². The summed E-state index contributed by atoms with van der Waals surface area (Å²) in [4.78, 5) is 16.5. The SMILES string of the molecule is COc1cc(NC(=O)c2ccccc2)cc2sc(NN)nc12. The monoisotopic (exact) mass is 314 g/mol. The Hall–Kier alpha value is -2.64. The van der Waals surface area contributed by atoms with Crippen molar-refractivity contribution in [1.82, 2.24) is 4.98 Å². The first-order valence-electron chi connectivity index (χ1n) is 6.53. The molecule has 0 bridgehead atoms. The normalized spacial score (nSPS) is 10.5. The molecule has 0 saturated carbocycles. The number of nitrogens with one attached hydrogen (secondary N) is 2. The van der Waals surface area contributed by atoms with E-state index in [9.17, 15) is 4.79 Å². The highest BCUT2D eigenvalue weighted by molar-refractivity contribution is 7.22. The fourth-order valence-electron chi connectivity index (χ4n) is 2.08. The van der Waals surface area contributed by atoms with Crippen LogP contribution in [0.15, 0.2) is 42.5 Å². The third kappa shape index (κ3) is 2.72. The number of amides is 1. The van der Waals surface area contributed by atoms with Gasteiger partial charge in [-0.1, -0.05) is 29.5 Å². The van der Waals surface area contributed by atoms with Crippen LogP contribution >= 0.6 is 11.3 Å². The van der Waals surface area contributed by atoms with Crippen LogP contribution in [0.2, 0.25) is 0 Å². The van der Waals surface area contributed by atoms with Crippen molar-refractivity contribution in [2.24, 2.45) is 5.84 Å². The summed E-state index contributed by atoms with van der Waals surface area (Å²) in [6.07, 6.45) is 0. The van der Waals surface area contributed by atoms with Gasteiger partial charge in [0.15, 0.2) is 5.13 Å². The molecule has 0 unspecified atom stereocenters. The van der Waals surface area contributed by atoms with Crippen LogP contribution in [0.5, 0.6) is 5.75 Å². The van der Waals surface area contributed by atoms with Crippen LogP contribution in [-0.2, 0) is 0 Å². The van der Waals surface area contributed by atoms with Crippen molar-refractivity contribution in [1.29, 1.82) is 0 Å². The standard InChI is InChI=1S/C15H14N4O2S/c1-21-11-7-10(8-12-13(11)18-15(19-16)22-12)17-14(20)9-5-3-2-4-6-9/h2-8H,16H2,1H3,(H,17,20)(H,18,19). The van der Waals surface area contributed by atoms with Gasteiger partial charge in [0.2, 0.25) is 0 Å². The van der Waals surface area contributed by atoms with Crippen molar-refractivity contribution in [2.75, 3.05) is 17.9 Å². The minimum Gasteiger partial charge on any atom is -0.494 e. The molecule has 112 valence electrons. The Bertz CT molecular complexity index is 817. The van der Waals surface area contributed by atoms with Gasteiger partial charge in [-0.25, -0.2) is 10.8 Å². The lowest BCUT2D eigenvalue weighted by molar-refractivity contribution is 0.102. The average molecular weight is 314 g/mol. The molecule has 4 N–H and O–H groups in total. The number of ether oxygens (including phenoxy) is 1. The first-order valence-corrected chi connectivity index (χ1v) is 7.34. The highest BCUT2D eigenvalue weighted by atomic mass is 32.1. The van der Waals surface area contributed by atoms with E-state index in [1.165, 1.54) is 11.3 Å². The van der Waals surface area contributed by atoms with Gasteiger partial charge in [0.05, 0.1) is 11.8 Å². The predicted octanol–water partition coefficient (Wildman–Crippen LogP) is 2.84. The Morgan fingerprint density at radius 3 is 2.73 bits per heavy atom. The van der Waals surface area contributed by atoms with Crippen LogP contribution in [0.3, 0.4) is 0 Å². The van der Waals surface area contributed by atoms with Gasteiger partial charge in [0.25, 0.3) is 5.91 Å². The number of anilines is 2. The number of fused-ring (bicyclic) bond motifs is 1. The summed E-state index contributed by atoms with van der Waals surface area (Å²) in [5.41, 5.74) is 4.46. The molecular formula is C15H14N4O2S. The van der Waals surface area contributed by atoms with Crippen molar-refractivity contribution in [3.63, 3.8) is 0 Å². The van der Waals surface area contributed by atoms with E-state index in [-0.39, 0.29) is 5.91 Å². The Balaban J connectivity index is 1.95. The van der Waals surface area contributed by atoms with Gasteiger partial charge < -0.3 is 10.1 Å². The number of nitrogens with two attached hydrogens (primary N) is 1. The second kappa shape index (κ2) is 6.00. The molecule has 2 aromatic carbocycles. The van der Waals surface area contributed by atoms with E-state index in [0.717, 1.165) is 4.70 Å². The fourth-order valence-corrected chi connectivity index (χ4v) is 2.91. The van der Waals surface area contributed by atoms with Gasteiger partial charge in [-0.3, -0.25) is 10.2 Å². The van der Waals surface area contributed by atoms with Crippen molar-refractivity contribution in [2.45, 2.75) is 0 Å². The molecular weight excluding hydrogens is 300 g/mol. The molecule has 22 heavy (non-hydrogen) atoms. The summed E-state index contributed by atoms with van der Waals surface area (Å²) in [6, 6.07) is 12.6. The minimum atomic E-state index is -0.177. The molecule has 0 atom stereocenters. The van der Waals surface area contributed by atoms with Crippen LogP contribution in [0.4, 0.5) is 10.8 Å². The van der Waals surface area contributed by atoms with Crippen LogP contribution in [0.25, 0.3) is 10.2 Å². The van der Waals surface area contributed by atoms with E-state index in [0.29, 0.717) is 27.6 Å². The summed E-state index contributed by atoms with van der Waals surface area (Å²) < 4.78 is 6.21. The van der Waals surface area contributed by atoms with Gasteiger partial charge in [-0.15, -0.1) is 0 Å². The molecule has 0 aliphatic heterocycles. The minimum absolute atomic E-state index is 0.177. The maximum absolute atomic E-state index is 12.2. The molecule has 0 radical (unpaired) electrons. The molecule has 7 heteroatoms. The maximum Gasteiger partial charge on any atom is 0.255 e. The molecule has 0 saturated heterocycles. The van der Waals surface area contributed by atoms with E-state index < -0.39 is 0 Å². The zero-order valence-corrected chi connectivity index (χ0v) is 12.6. The molecule has 0 spiro atoms. The number of rotatable bonds is 4. The number of carbonyl (C=O) groups excluding carboxylic acids is 1. The maximum atomic E-state index is 12.2. The third-order valence-corrected chi connectivity index (χ3v) is 4.03. The Morgan fingerprint density at radius 2 is 2.05 bits per heavy atom. The number of hydrogen-bond donors (Lipinski definition) is 3. The summed E-state index contributed by atoms with van der Waals surface area (Å²) in [7, 11) is 1.56. The summed E-state index contributed by atoms with van der Waals surface area (Å²) in [6.45, 7) is 0. The van der Waals surface area contributed by atoms with Crippen LogP contribution in [0.1, 0.15) is 10.4 Å². The lowest BCUT2D eigenvalue weighted by Crippen LogP contribution is -2.11. The molecule has 1 amide bonds. The number of methoxy groups -OCH3 is 1. The highest BCUT2D eigenvalue weighted by Gasteiger charge is 2.12. The molecule has 3 aromatic rings. The highest BCUT2D eigenvalue weighted by Crippen LogP contribution is 2.35. The van der Waals surface area contributed by atoms with E-state index in [2.05, 4.69) is 15.7 Å². The topological polar surface area (TPSA) is 89.3 Å². The van der Waals surface area contributed by atoms with Gasteiger partial charge in [0.1, 0.15) is 11.3 Å². The largest absolute Gasteiger partial charge is 0.494 e. The van der Waals surface area contributed by atoms with Crippen molar-refractivity contribution in [3.05, 3.63) is 48.0 Å². The predicted molar refractivity (Wildman–Crippen MR) is 88.4 cm³/mol. The number of carbonyl (C=O) groups is 1. The van der Waals surface area contributed by atoms with Gasteiger partial charge in [-0.05, 0) is 18.2 Å². The van der Waals surface area contributed by atoms with E-state index >= 15 is 0 Å². The second-order valence-electron chi connectivity index (χ2n) is 4.51. The van der Waals surface area contributed by atoms with Crippen LogP contribution in [-0.4, -0.2) is 18.0 Å². The molecule has 0 aliphatic rings. The zero-order chi connectivity index (χ0) is 15.5. The van der Waals surface area contributed by atoms with Crippen molar-refractivity contribution in [3.8, 4) is 5.75 Å². The number of aromatic nitrogens is 1. The molecule has 6 nitrogen and oxygen atoms in total. The van der Waals surface area contributed by atoms with Gasteiger partial charge in [0, 0.05) is 17.3 Å². The van der Waals surface area contributed by atoms with Gasteiger partial charge >= 0.3 is 0 Å². The quantitative estimate of drug-likeness (QED) is 0.509. The Morgan fingerprint density at radius 1 is 1.27 bits per heavy atom. The van der Waals surface area contributed by atoms with Gasteiger partial charge in [-0.2, -0.15) is 0 Å². The average Bonchev–Trinajstić information content (AvgIpc) is 2.98.